The van der Waals surface area contributed by atoms with Crippen LogP contribution < -0.4 is 15.4 Å². The maximum atomic E-state index is 12.8. The molecule has 3 N–H and O–H groups in total. The Bertz CT molecular complexity index is 1270. The van der Waals surface area contributed by atoms with E-state index >= 15 is 0 Å². The SMILES string of the molecule is O=C(/C=C/c1cccc(Oc2ccnc(C3=NCC(O)CN3)c2)c1)Nc1cccc(C(F)(F)F)c1. The zero-order valence-corrected chi connectivity index (χ0v) is 18.3. The van der Waals surface area contributed by atoms with Crippen LogP contribution in [-0.2, 0) is 11.0 Å². The molecule has 0 spiro atoms. The Morgan fingerprint density at radius 3 is 2.69 bits per heavy atom. The van der Waals surface area contributed by atoms with Crippen LogP contribution in [0.2, 0.25) is 0 Å². The summed E-state index contributed by atoms with van der Waals surface area (Å²) in [5, 5.41) is 15.0. The number of hydrogen-bond acceptors (Lipinski definition) is 6. The molecule has 2 heterocycles. The molecule has 1 atom stereocenters. The van der Waals surface area contributed by atoms with Gasteiger partial charge < -0.3 is 20.5 Å². The Morgan fingerprint density at radius 1 is 1.11 bits per heavy atom. The topological polar surface area (TPSA) is 95.8 Å². The summed E-state index contributed by atoms with van der Waals surface area (Å²) in [4.78, 5) is 20.7. The highest BCUT2D eigenvalue weighted by molar-refractivity contribution is 6.02. The standard InChI is InChI=1S/C25H21F3N4O3/c26-25(27,28)17-4-2-5-18(12-17)32-23(34)8-7-16-3-1-6-20(11-16)35-21-9-10-29-22(13-21)24-30-14-19(33)15-31-24/h1-13,19,33H,14-15H2,(H,30,31)(H,32,34)/b8-7+. The number of carbonyl (C=O) groups excluding carboxylic acids is 1. The quantitative estimate of drug-likeness (QED) is 0.457. The van der Waals surface area contributed by atoms with Crippen LogP contribution >= 0.6 is 0 Å². The first-order valence-electron chi connectivity index (χ1n) is 10.6. The minimum Gasteiger partial charge on any atom is -0.457 e. The van der Waals surface area contributed by atoms with Crippen LogP contribution in [0.15, 0.2) is 77.9 Å². The molecule has 1 aromatic heterocycles. The molecular formula is C25H21F3N4O3. The van der Waals surface area contributed by atoms with Crippen molar-refractivity contribution in [2.24, 2.45) is 4.99 Å². The Labute approximate surface area is 199 Å². The number of β-amino-alcohol motifs (C(OH)–C–C–N with tert-alkyl or cyclic N) is 1. The molecule has 1 unspecified atom stereocenters. The van der Waals surface area contributed by atoms with E-state index in [1.54, 1.807) is 42.6 Å². The molecule has 0 aliphatic carbocycles. The highest BCUT2D eigenvalue weighted by atomic mass is 19.4. The van der Waals surface area contributed by atoms with E-state index < -0.39 is 23.8 Å². The van der Waals surface area contributed by atoms with Gasteiger partial charge in [0.2, 0.25) is 5.91 Å². The van der Waals surface area contributed by atoms with Crippen molar-refractivity contribution in [3.05, 3.63) is 89.8 Å². The molecule has 1 aliphatic rings. The van der Waals surface area contributed by atoms with Crippen LogP contribution in [0.1, 0.15) is 16.8 Å². The highest BCUT2D eigenvalue weighted by Crippen LogP contribution is 2.30. The summed E-state index contributed by atoms with van der Waals surface area (Å²) in [6.45, 7) is 0.687. The average molecular weight is 482 g/mol. The second-order valence-corrected chi connectivity index (χ2v) is 7.68. The number of ether oxygens (including phenoxy) is 1. The first-order valence-corrected chi connectivity index (χ1v) is 10.6. The van der Waals surface area contributed by atoms with Gasteiger partial charge in [0.1, 0.15) is 23.0 Å². The van der Waals surface area contributed by atoms with Gasteiger partial charge in [0.05, 0.1) is 18.2 Å². The normalized spacial score (nSPS) is 15.9. The predicted molar refractivity (Wildman–Crippen MR) is 125 cm³/mol. The van der Waals surface area contributed by atoms with Crippen molar-refractivity contribution in [1.29, 1.82) is 0 Å². The number of hydrogen-bond donors (Lipinski definition) is 3. The number of amides is 1. The number of aliphatic imine (C=N–C) groups is 1. The lowest BCUT2D eigenvalue weighted by molar-refractivity contribution is -0.137. The van der Waals surface area contributed by atoms with Gasteiger partial charge in [-0.15, -0.1) is 0 Å². The monoisotopic (exact) mass is 482 g/mol. The maximum absolute atomic E-state index is 12.8. The first kappa shape index (κ1) is 24.0. The third-order valence-electron chi connectivity index (χ3n) is 4.92. The van der Waals surface area contributed by atoms with E-state index in [-0.39, 0.29) is 5.69 Å². The summed E-state index contributed by atoms with van der Waals surface area (Å²) in [6, 6.07) is 14.8. The number of nitrogens with zero attached hydrogens (tertiary/aromatic N) is 2. The van der Waals surface area contributed by atoms with Crippen molar-refractivity contribution in [2.45, 2.75) is 12.3 Å². The summed E-state index contributed by atoms with van der Waals surface area (Å²) in [5.41, 5.74) is 0.443. The largest absolute Gasteiger partial charge is 0.457 e. The van der Waals surface area contributed by atoms with Gasteiger partial charge in [-0.1, -0.05) is 18.2 Å². The van der Waals surface area contributed by atoms with Crippen LogP contribution in [0.25, 0.3) is 6.08 Å². The molecule has 2 aromatic carbocycles. The van der Waals surface area contributed by atoms with E-state index in [4.69, 9.17) is 4.74 Å². The molecule has 0 bridgehead atoms. The van der Waals surface area contributed by atoms with E-state index in [9.17, 15) is 23.1 Å². The van der Waals surface area contributed by atoms with Crippen molar-refractivity contribution in [1.82, 2.24) is 10.3 Å². The summed E-state index contributed by atoms with van der Waals surface area (Å²) in [5.74, 6) is 1.04. The fourth-order valence-electron chi connectivity index (χ4n) is 3.25. The van der Waals surface area contributed by atoms with Crippen molar-refractivity contribution < 1.29 is 27.8 Å². The predicted octanol–water partition coefficient (Wildman–Crippen LogP) is 4.26. The second kappa shape index (κ2) is 10.4. The molecule has 35 heavy (non-hydrogen) atoms. The molecule has 180 valence electrons. The highest BCUT2D eigenvalue weighted by Gasteiger charge is 2.30. The second-order valence-electron chi connectivity index (χ2n) is 7.68. The van der Waals surface area contributed by atoms with Crippen LogP contribution in [0, 0.1) is 0 Å². The van der Waals surface area contributed by atoms with Crippen LogP contribution in [0.5, 0.6) is 11.5 Å². The van der Waals surface area contributed by atoms with Crippen molar-refractivity contribution in [2.75, 3.05) is 18.4 Å². The lowest BCUT2D eigenvalue weighted by atomic mass is 10.2. The molecule has 1 aliphatic heterocycles. The number of pyridine rings is 1. The van der Waals surface area contributed by atoms with Crippen LogP contribution in [0.3, 0.4) is 0 Å². The molecule has 10 heteroatoms. The Hall–Kier alpha value is -4.18. The summed E-state index contributed by atoms with van der Waals surface area (Å²) in [7, 11) is 0. The molecule has 0 saturated carbocycles. The van der Waals surface area contributed by atoms with Gasteiger partial charge in [-0.2, -0.15) is 13.2 Å². The van der Waals surface area contributed by atoms with Crippen molar-refractivity contribution in [3.8, 4) is 11.5 Å². The van der Waals surface area contributed by atoms with Gasteiger partial charge in [0.25, 0.3) is 0 Å². The first-order chi connectivity index (χ1) is 16.8. The molecule has 0 saturated heterocycles. The third-order valence-corrected chi connectivity index (χ3v) is 4.92. The number of anilines is 1. The number of carbonyl (C=O) groups is 1. The lowest BCUT2D eigenvalue weighted by Crippen LogP contribution is -2.39. The van der Waals surface area contributed by atoms with E-state index in [2.05, 4.69) is 20.6 Å². The smallest absolute Gasteiger partial charge is 0.416 e. The number of aliphatic hydroxyl groups is 1. The van der Waals surface area contributed by atoms with E-state index in [1.807, 2.05) is 0 Å². The number of aromatic nitrogens is 1. The zero-order valence-electron chi connectivity index (χ0n) is 18.3. The summed E-state index contributed by atoms with van der Waals surface area (Å²) in [6.07, 6.45) is -0.677. The zero-order chi connectivity index (χ0) is 24.8. The van der Waals surface area contributed by atoms with Gasteiger partial charge in [-0.05, 0) is 48.0 Å². The molecule has 0 fully saturated rings. The number of halogens is 3. The van der Waals surface area contributed by atoms with Crippen molar-refractivity contribution in [3.63, 3.8) is 0 Å². The Kier molecular flexibility index (Phi) is 7.11. The molecule has 3 aromatic rings. The van der Waals surface area contributed by atoms with E-state index in [0.717, 1.165) is 12.1 Å². The minimum absolute atomic E-state index is 0.0478. The van der Waals surface area contributed by atoms with E-state index in [0.29, 0.717) is 41.7 Å². The molecule has 1 amide bonds. The minimum atomic E-state index is -4.49. The average Bonchev–Trinajstić information content (AvgIpc) is 2.83. The van der Waals surface area contributed by atoms with Crippen molar-refractivity contribution >= 4 is 23.5 Å². The number of amidine groups is 1. The van der Waals surface area contributed by atoms with Crippen LogP contribution in [0.4, 0.5) is 18.9 Å². The van der Waals surface area contributed by atoms with Crippen LogP contribution in [-0.4, -0.2) is 41.0 Å². The molecule has 0 radical (unpaired) electrons. The van der Waals surface area contributed by atoms with Gasteiger partial charge in [-0.3, -0.25) is 14.8 Å². The molecule has 7 nitrogen and oxygen atoms in total. The third kappa shape index (κ3) is 6.67. The fraction of sp³-hybridized carbons (Fsp3) is 0.160. The fourth-order valence-corrected chi connectivity index (χ4v) is 3.25. The Balaban J connectivity index is 1.41. The summed E-state index contributed by atoms with van der Waals surface area (Å²) >= 11 is 0. The van der Waals surface area contributed by atoms with E-state index in [1.165, 1.54) is 24.3 Å². The van der Waals surface area contributed by atoms with Gasteiger partial charge in [-0.25, -0.2) is 0 Å². The number of aliphatic hydroxyl groups excluding tert-OH is 1. The number of nitrogens with one attached hydrogen (secondary N) is 2. The van der Waals surface area contributed by atoms with Gasteiger partial charge in [0.15, 0.2) is 0 Å². The van der Waals surface area contributed by atoms with Gasteiger partial charge >= 0.3 is 6.18 Å². The maximum Gasteiger partial charge on any atom is 0.416 e. The number of benzene rings is 2. The molecular weight excluding hydrogens is 461 g/mol. The lowest BCUT2D eigenvalue weighted by Gasteiger charge is -2.18. The molecule has 4 rings (SSSR count). The Morgan fingerprint density at radius 2 is 1.91 bits per heavy atom. The number of alkyl halides is 3. The summed E-state index contributed by atoms with van der Waals surface area (Å²) < 4.78 is 44.4. The van der Waals surface area contributed by atoms with Gasteiger partial charge in [0, 0.05) is 30.6 Å². The number of rotatable bonds is 6.